The molecule has 3 amide bonds. The molecule has 9 heteroatoms. The smallest absolute Gasteiger partial charge is 0.286 e. The molecule has 0 bridgehead atoms. The number of nitrogens with one attached hydrogen (secondary N) is 4. The summed E-state index contributed by atoms with van der Waals surface area (Å²) in [6.07, 6.45) is 1.63. The van der Waals surface area contributed by atoms with Crippen LogP contribution >= 0.6 is 27.3 Å². The Kier molecular flexibility index (Phi) is 5.94. The van der Waals surface area contributed by atoms with Gasteiger partial charge in [-0.05, 0) is 33.4 Å². The zero-order valence-corrected chi connectivity index (χ0v) is 14.6. The number of H-pyrrole nitrogens is 1. The molecule has 4 N–H and O–H groups in total. The number of hydrogen-bond acceptors (Lipinski definition) is 4. The third-order valence-corrected chi connectivity index (χ3v) is 4.31. The standard InChI is InChI=1S/C14H15BrN4O3S/c1-8(20)17-10(12-3-2-4-23-12)6-13(21)18-19-14(22)11-5-9(15)7-16-11/h2-5,7,10,16H,6H2,1H3,(H,17,20)(H,18,21)(H,19,22). The van der Waals surface area contributed by atoms with Gasteiger partial charge >= 0.3 is 0 Å². The summed E-state index contributed by atoms with van der Waals surface area (Å²) in [7, 11) is 0. The van der Waals surface area contributed by atoms with E-state index in [0.717, 1.165) is 9.35 Å². The summed E-state index contributed by atoms with van der Waals surface area (Å²) >= 11 is 4.67. The quantitative estimate of drug-likeness (QED) is 0.577. The molecule has 0 aliphatic rings. The molecule has 0 radical (unpaired) electrons. The molecular formula is C14H15BrN4O3S. The minimum atomic E-state index is -0.462. The van der Waals surface area contributed by atoms with E-state index in [9.17, 15) is 14.4 Å². The van der Waals surface area contributed by atoms with Crippen molar-refractivity contribution in [1.82, 2.24) is 21.2 Å². The topological polar surface area (TPSA) is 103 Å². The predicted octanol–water partition coefficient (Wildman–Crippen LogP) is 1.87. The van der Waals surface area contributed by atoms with Gasteiger partial charge in [-0.1, -0.05) is 6.07 Å². The summed E-state index contributed by atoms with van der Waals surface area (Å²) in [5, 5.41) is 4.59. The number of halogens is 1. The Morgan fingerprint density at radius 1 is 1.35 bits per heavy atom. The fraction of sp³-hybridized carbons (Fsp3) is 0.214. The Bertz CT molecular complexity index is 699. The summed E-state index contributed by atoms with van der Waals surface area (Å²) < 4.78 is 0.734. The summed E-state index contributed by atoms with van der Waals surface area (Å²) in [6.45, 7) is 1.39. The highest BCUT2D eigenvalue weighted by molar-refractivity contribution is 9.10. The van der Waals surface area contributed by atoms with E-state index in [1.165, 1.54) is 18.3 Å². The van der Waals surface area contributed by atoms with Gasteiger partial charge in [-0.15, -0.1) is 11.3 Å². The van der Waals surface area contributed by atoms with Crippen LogP contribution in [0.5, 0.6) is 0 Å². The molecule has 0 aliphatic carbocycles. The average molecular weight is 399 g/mol. The van der Waals surface area contributed by atoms with Crippen LogP contribution in [0.4, 0.5) is 0 Å². The molecule has 2 aromatic rings. The van der Waals surface area contributed by atoms with Crippen LogP contribution in [0.15, 0.2) is 34.2 Å². The van der Waals surface area contributed by atoms with E-state index >= 15 is 0 Å². The number of aromatic amines is 1. The fourth-order valence-corrected chi connectivity index (χ4v) is 3.01. The molecule has 2 heterocycles. The molecule has 0 aliphatic heterocycles. The van der Waals surface area contributed by atoms with E-state index in [2.05, 4.69) is 37.1 Å². The highest BCUT2D eigenvalue weighted by Gasteiger charge is 2.18. The second-order valence-corrected chi connectivity index (χ2v) is 6.60. The van der Waals surface area contributed by atoms with Crippen LogP contribution in [0.2, 0.25) is 0 Å². The maximum atomic E-state index is 12.0. The van der Waals surface area contributed by atoms with Crippen molar-refractivity contribution < 1.29 is 14.4 Å². The first kappa shape index (κ1) is 17.2. The summed E-state index contributed by atoms with van der Waals surface area (Å²) in [5.41, 5.74) is 4.97. The van der Waals surface area contributed by atoms with E-state index < -0.39 is 17.9 Å². The van der Waals surface area contributed by atoms with Crippen LogP contribution in [0, 0.1) is 0 Å². The summed E-state index contributed by atoms with van der Waals surface area (Å²) in [4.78, 5) is 38.7. The SMILES string of the molecule is CC(=O)NC(CC(=O)NNC(=O)c1cc(Br)c[nH]1)c1cccs1. The van der Waals surface area contributed by atoms with Gasteiger partial charge in [0.1, 0.15) is 5.69 Å². The second-order valence-electron chi connectivity index (χ2n) is 4.71. The lowest BCUT2D eigenvalue weighted by Gasteiger charge is -2.16. The van der Waals surface area contributed by atoms with E-state index in [0.29, 0.717) is 5.69 Å². The Labute approximate surface area is 144 Å². The molecule has 122 valence electrons. The van der Waals surface area contributed by atoms with Crippen LogP contribution in [0.3, 0.4) is 0 Å². The molecule has 0 fully saturated rings. The Morgan fingerprint density at radius 3 is 2.70 bits per heavy atom. The van der Waals surface area contributed by atoms with E-state index in [1.807, 2.05) is 17.5 Å². The monoisotopic (exact) mass is 398 g/mol. The van der Waals surface area contributed by atoms with E-state index in [4.69, 9.17) is 0 Å². The van der Waals surface area contributed by atoms with Gasteiger partial charge in [-0.2, -0.15) is 0 Å². The largest absolute Gasteiger partial charge is 0.356 e. The van der Waals surface area contributed by atoms with Crippen LogP contribution < -0.4 is 16.2 Å². The molecular weight excluding hydrogens is 384 g/mol. The van der Waals surface area contributed by atoms with Gasteiger partial charge < -0.3 is 10.3 Å². The molecule has 1 atom stereocenters. The van der Waals surface area contributed by atoms with Crippen molar-refractivity contribution in [3.8, 4) is 0 Å². The minimum Gasteiger partial charge on any atom is -0.356 e. The van der Waals surface area contributed by atoms with Crippen LogP contribution in [0.25, 0.3) is 0 Å². The van der Waals surface area contributed by atoms with Crippen molar-refractivity contribution in [2.75, 3.05) is 0 Å². The number of aromatic nitrogens is 1. The maximum absolute atomic E-state index is 12.0. The minimum absolute atomic E-state index is 0.0226. The number of hydrogen-bond donors (Lipinski definition) is 4. The molecule has 23 heavy (non-hydrogen) atoms. The Balaban J connectivity index is 1.89. The highest BCUT2D eigenvalue weighted by atomic mass is 79.9. The molecule has 0 spiro atoms. The van der Waals surface area contributed by atoms with Gasteiger partial charge in [0.2, 0.25) is 11.8 Å². The van der Waals surface area contributed by atoms with Gasteiger partial charge in [0.25, 0.3) is 5.91 Å². The van der Waals surface area contributed by atoms with Gasteiger partial charge in [0.05, 0.1) is 12.5 Å². The van der Waals surface area contributed by atoms with E-state index in [1.54, 1.807) is 12.3 Å². The summed E-state index contributed by atoms with van der Waals surface area (Å²) in [6, 6.07) is 4.85. The third-order valence-electron chi connectivity index (χ3n) is 2.86. The summed E-state index contributed by atoms with van der Waals surface area (Å²) in [5.74, 6) is -1.09. The van der Waals surface area contributed by atoms with Crippen molar-refractivity contribution in [2.45, 2.75) is 19.4 Å². The first-order valence-corrected chi connectivity index (χ1v) is 8.36. The van der Waals surface area contributed by atoms with Gasteiger partial charge in [-0.3, -0.25) is 25.2 Å². The lowest BCUT2D eigenvalue weighted by Crippen LogP contribution is -2.43. The van der Waals surface area contributed by atoms with Crippen molar-refractivity contribution in [3.05, 3.63) is 44.8 Å². The molecule has 1 unspecified atom stereocenters. The number of carbonyl (C=O) groups excluding carboxylic acids is 3. The zero-order valence-electron chi connectivity index (χ0n) is 12.2. The van der Waals surface area contributed by atoms with Crippen LogP contribution in [-0.2, 0) is 9.59 Å². The van der Waals surface area contributed by atoms with Gasteiger partial charge in [0, 0.05) is 22.5 Å². The van der Waals surface area contributed by atoms with Crippen molar-refractivity contribution in [2.24, 2.45) is 0 Å². The zero-order chi connectivity index (χ0) is 16.8. The number of amides is 3. The lowest BCUT2D eigenvalue weighted by molar-refractivity contribution is -0.123. The normalized spacial score (nSPS) is 11.6. The van der Waals surface area contributed by atoms with Crippen molar-refractivity contribution in [3.63, 3.8) is 0 Å². The number of thiophene rings is 1. The molecule has 0 aromatic carbocycles. The molecule has 0 saturated heterocycles. The number of hydrazine groups is 1. The third kappa shape index (κ3) is 5.22. The second kappa shape index (κ2) is 7.93. The van der Waals surface area contributed by atoms with Crippen molar-refractivity contribution >= 4 is 45.0 Å². The van der Waals surface area contributed by atoms with Crippen LogP contribution in [-0.4, -0.2) is 22.7 Å². The Morgan fingerprint density at radius 2 is 2.13 bits per heavy atom. The average Bonchev–Trinajstić information content (AvgIpc) is 3.14. The number of rotatable bonds is 5. The fourth-order valence-electron chi connectivity index (χ4n) is 1.89. The van der Waals surface area contributed by atoms with Gasteiger partial charge in [0.15, 0.2) is 0 Å². The van der Waals surface area contributed by atoms with Gasteiger partial charge in [-0.25, -0.2) is 0 Å². The van der Waals surface area contributed by atoms with Crippen LogP contribution in [0.1, 0.15) is 34.8 Å². The first-order valence-electron chi connectivity index (χ1n) is 6.69. The maximum Gasteiger partial charge on any atom is 0.286 e. The molecule has 7 nitrogen and oxygen atoms in total. The molecule has 0 saturated carbocycles. The predicted molar refractivity (Wildman–Crippen MR) is 89.6 cm³/mol. The first-order chi connectivity index (χ1) is 11.0. The molecule has 2 aromatic heterocycles. The number of carbonyl (C=O) groups is 3. The Hall–Kier alpha value is -2.13. The lowest BCUT2D eigenvalue weighted by atomic mass is 10.1. The molecule has 2 rings (SSSR count). The van der Waals surface area contributed by atoms with E-state index in [-0.39, 0.29) is 12.3 Å². The van der Waals surface area contributed by atoms with Crippen molar-refractivity contribution in [1.29, 1.82) is 0 Å². The highest BCUT2D eigenvalue weighted by Crippen LogP contribution is 2.21.